The van der Waals surface area contributed by atoms with Crippen LogP contribution in [0.2, 0.25) is 0 Å². The zero-order valence-corrected chi connectivity index (χ0v) is 13.1. The Kier molecular flexibility index (Phi) is 4.85. The minimum Gasteiger partial charge on any atom is -0.481 e. The Labute approximate surface area is 137 Å². The van der Waals surface area contributed by atoms with E-state index in [-0.39, 0.29) is 12.3 Å². The maximum atomic E-state index is 11.9. The van der Waals surface area contributed by atoms with Gasteiger partial charge >= 0.3 is 0 Å². The van der Waals surface area contributed by atoms with Crippen molar-refractivity contribution in [2.24, 2.45) is 0 Å². The Hall–Kier alpha value is -3.16. The van der Waals surface area contributed by atoms with Crippen LogP contribution in [0.3, 0.4) is 0 Å². The number of amides is 1. The van der Waals surface area contributed by atoms with Gasteiger partial charge in [0.25, 0.3) is 0 Å². The molecule has 0 aromatic carbocycles. The average Bonchev–Trinajstić information content (AvgIpc) is 3.29. The quantitative estimate of drug-likeness (QED) is 0.707. The fourth-order valence-electron chi connectivity index (χ4n) is 2.01. The number of methoxy groups -OCH3 is 1. The Morgan fingerprint density at radius 2 is 2.25 bits per heavy atom. The van der Waals surface area contributed by atoms with E-state index in [2.05, 4.69) is 20.4 Å². The number of ether oxygens (including phenoxy) is 1. The van der Waals surface area contributed by atoms with Crippen molar-refractivity contribution < 1.29 is 18.5 Å². The van der Waals surface area contributed by atoms with Gasteiger partial charge in [-0.05, 0) is 17.7 Å². The molecule has 0 spiro atoms. The monoisotopic (exact) mass is 328 g/mol. The molecule has 3 rings (SSSR count). The van der Waals surface area contributed by atoms with E-state index >= 15 is 0 Å². The summed E-state index contributed by atoms with van der Waals surface area (Å²) in [6, 6.07) is 7.08. The lowest BCUT2D eigenvalue weighted by atomic mass is 10.2. The van der Waals surface area contributed by atoms with Crippen molar-refractivity contribution in [1.82, 2.24) is 20.4 Å². The predicted octanol–water partition coefficient (Wildman–Crippen LogP) is 1.98. The summed E-state index contributed by atoms with van der Waals surface area (Å²) in [5.74, 6) is 1.72. The number of rotatable bonds is 7. The van der Waals surface area contributed by atoms with Crippen LogP contribution in [0.15, 0.2) is 45.7 Å². The van der Waals surface area contributed by atoms with Crippen LogP contribution in [0.4, 0.5) is 0 Å². The standard InChI is InChI=1S/C16H16N4O4/c1-22-14-6-4-11(10-18-14)9-17-13(21)5-7-15-19-16(20-24-15)12-3-2-8-23-12/h2-4,6,8,10H,5,7,9H2,1H3,(H,17,21). The Morgan fingerprint density at radius 3 is 2.96 bits per heavy atom. The third-order valence-corrected chi connectivity index (χ3v) is 3.27. The lowest BCUT2D eigenvalue weighted by molar-refractivity contribution is -0.121. The number of aromatic nitrogens is 3. The van der Waals surface area contributed by atoms with Crippen molar-refractivity contribution in [2.45, 2.75) is 19.4 Å². The highest BCUT2D eigenvalue weighted by molar-refractivity contribution is 5.76. The summed E-state index contributed by atoms with van der Waals surface area (Å²) in [5.41, 5.74) is 0.891. The van der Waals surface area contributed by atoms with Gasteiger partial charge in [-0.25, -0.2) is 4.98 Å². The lowest BCUT2D eigenvalue weighted by Gasteiger charge is -2.05. The molecule has 0 bridgehead atoms. The second-order valence-corrected chi connectivity index (χ2v) is 4.97. The molecule has 124 valence electrons. The van der Waals surface area contributed by atoms with Crippen LogP contribution in [-0.4, -0.2) is 28.1 Å². The number of furan rings is 1. The van der Waals surface area contributed by atoms with Gasteiger partial charge in [-0.15, -0.1) is 0 Å². The van der Waals surface area contributed by atoms with E-state index in [0.29, 0.717) is 36.3 Å². The average molecular weight is 328 g/mol. The lowest BCUT2D eigenvalue weighted by Crippen LogP contribution is -2.23. The van der Waals surface area contributed by atoms with Crippen molar-refractivity contribution in [3.8, 4) is 17.5 Å². The Bertz CT molecular complexity index is 781. The Balaban J connectivity index is 1.45. The Morgan fingerprint density at radius 1 is 1.33 bits per heavy atom. The topological polar surface area (TPSA) is 103 Å². The molecule has 0 fully saturated rings. The second kappa shape index (κ2) is 7.40. The number of carbonyl (C=O) groups excluding carboxylic acids is 1. The molecule has 8 nitrogen and oxygen atoms in total. The van der Waals surface area contributed by atoms with E-state index in [0.717, 1.165) is 5.56 Å². The van der Waals surface area contributed by atoms with Crippen LogP contribution in [0.25, 0.3) is 11.6 Å². The van der Waals surface area contributed by atoms with Crippen LogP contribution in [-0.2, 0) is 17.8 Å². The van der Waals surface area contributed by atoms with Gasteiger partial charge in [0.15, 0.2) is 5.76 Å². The molecule has 3 aromatic rings. The minimum absolute atomic E-state index is 0.108. The smallest absolute Gasteiger partial charge is 0.238 e. The van der Waals surface area contributed by atoms with E-state index in [4.69, 9.17) is 13.7 Å². The van der Waals surface area contributed by atoms with Crippen LogP contribution < -0.4 is 10.1 Å². The van der Waals surface area contributed by atoms with Crippen molar-refractivity contribution in [3.05, 3.63) is 48.2 Å². The largest absolute Gasteiger partial charge is 0.481 e. The minimum atomic E-state index is -0.108. The summed E-state index contributed by atoms with van der Waals surface area (Å²) in [6.45, 7) is 0.400. The summed E-state index contributed by atoms with van der Waals surface area (Å²) in [5, 5.41) is 6.63. The summed E-state index contributed by atoms with van der Waals surface area (Å²) >= 11 is 0. The molecule has 0 saturated carbocycles. The third-order valence-electron chi connectivity index (χ3n) is 3.27. The molecule has 3 heterocycles. The molecule has 1 amide bonds. The molecule has 1 N–H and O–H groups in total. The van der Waals surface area contributed by atoms with Crippen molar-refractivity contribution in [2.75, 3.05) is 7.11 Å². The summed E-state index contributed by atoms with van der Waals surface area (Å²) in [4.78, 5) is 20.2. The molecule has 0 atom stereocenters. The van der Waals surface area contributed by atoms with Crippen LogP contribution in [0.5, 0.6) is 5.88 Å². The molecule has 8 heteroatoms. The van der Waals surface area contributed by atoms with Crippen molar-refractivity contribution in [1.29, 1.82) is 0 Å². The van der Waals surface area contributed by atoms with E-state index in [9.17, 15) is 4.79 Å². The summed E-state index contributed by atoms with van der Waals surface area (Å²) < 4.78 is 15.3. The molecular weight excluding hydrogens is 312 g/mol. The van der Waals surface area contributed by atoms with Gasteiger partial charge in [-0.3, -0.25) is 4.79 Å². The maximum absolute atomic E-state index is 11.9. The van der Waals surface area contributed by atoms with Crippen molar-refractivity contribution in [3.63, 3.8) is 0 Å². The first-order valence-electron chi connectivity index (χ1n) is 7.36. The number of nitrogens with one attached hydrogen (secondary N) is 1. The van der Waals surface area contributed by atoms with Crippen LogP contribution >= 0.6 is 0 Å². The predicted molar refractivity (Wildman–Crippen MR) is 83.0 cm³/mol. The molecule has 0 aliphatic carbocycles. The van der Waals surface area contributed by atoms with Gasteiger partial charge in [0, 0.05) is 31.6 Å². The van der Waals surface area contributed by atoms with E-state index in [1.807, 2.05) is 6.07 Å². The molecule has 0 aliphatic heterocycles. The third kappa shape index (κ3) is 3.97. The summed E-state index contributed by atoms with van der Waals surface area (Å²) in [6.07, 6.45) is 3.81. The first-order valence-corrected chi connectivity index (χ1v) is 7.36. The number of hydrogen-bond donors (Lipinski definition) is 1. The van der Waals surface area contributed by atoms with Crippen LogP contribution in [0.1, 0.15) is 17.9 Å². The van der Waals surface area contributed by atoms with E-state index in [1.54, 1.807) is 31.5 Å². The number of aryl methyl sites for hydroxylation is 1. The number of nitrogens with zero attached hydrogens (tertiary/aromatic N) is 3. The van der Waals surface area contributed by atoms with Gasteiger partial charge in [0.2, 0.25) is 23.5 Å². The van der Waals surface area contributed by atoms with Gasteiger partial charge in [0.1, 0.15) is 0 Å². The highest BCUT2D eigenvalue weighted by Crippen LogP contribution is 2.16. The maximum Gasteiger partial charge on any atom is 0.238 e. The first kappa shape index (κ1) is 15.7. The second-order valence-electron chi connectivity index (χ2n) is 4.97. The van der Waals surface area contributed by atoms with Crippen molar-refractivity contribution >= 4 is 5.91 Å². The zero-order chi connectivity index (χ0) is 16.8. The zero-order valence-electron chi connectivity index (χ0n) is 13.1. The molecule has 0 aliphatic rings. The van der Waals surface area contributed by atoms with Crippen LogP contribution in [0, 0.1) is 0 Å². The normalized spacial score (nSPS) is 10.5. The summed E-state index contributed by atoms with van der Waals surface area (Å²) in [7, 11) is 1.55. The fraction of sp³-hybridized carbons (Fsp3) is 0.250. The molecule has 0 unspecified atom stereocenters. The number of pyridine rings is 1. The first-order chi connectivity index (χ1) is 11.7. The number of carbonyl (C=O) groups is 1. The molecule has 24 heavy (non-hydrogen) atoms. The molecule has 0 radical (unpaired) electrons. The van der Waals surface area contributed by atoms with Gasteiger partial charge in [-0.1, -0.05) is 11.2 Å². The van der Waals surface area contributed by atoms with Gasteiger partial charge in [-0.2, -0.15) is 4.98 Å². The highest BCUT2D eigenvalue weighted by Gasteiger charge is 2.12. The molecule has 3 aromatic heterocycles. The highest BCUT2D eigenvalue weighted by atomic mass is 16.5. The fourth-order valence-corrected chi connectivity index (χ4v) is 2.01. The van der Waals surface area contributed by atoms with Gasteiger partial charge in [0.05, 0.1) is 13.4 Å². The SMILES string of the molecule is COc1ccc(CNC(=O)CCc2nc(-c3ccco3)no2)cn1. The van der Waals surface area contributed by atoms with E-state index in [1.165, 1.54) is 6.26 Å². The van der Waals surface area contributed by atoms with E-state index < -0.39 is 0 Å². The molecular formula is C16H16N4O4. The molecule has 0 saturated heterocycles. The number of hydrogen-bond acceptors (Lipinski definition) is 7. The van der Waals surface area contributed by atoms with Gasteiger partial charge < -0.3 is 19.0 Å².